The molecule has 3 heteroatoms. The Kier molecular flexibility index (Phi) is 3.34. The van der Waals surface area contributed by atoms with Crippen molar-refractivity contribution >= 4 is 11.6 Å². The number of Topliss-reactive ketones (excluding diaryl/α,β-unsaturated/α-hetero) is 1. The van der Waals surface area contributed by atoms with Crippen molar-refractivity contribution in [2.45, 2.75) is 64.4 Å². The molecule has 0 saturated heterocycles. The fourth-order valence-electron chi connectivity index (χ4n) is 6.43. The first kappa shape index (κ1) is 14.6. The van der Waals surface area contributed by atoms with Crippen molar-refractivity contribution in [3.8, 4) is 0 Å². The Hall–Kier alpha value is -0.960. The number of hydrogen-bond donors (Lipinski definition) is 1. The van der Waals surface area contributed by atoms with Gasteiger partial charge in [0.25, 0.3) is 0 Å². The van der Waals surface area contributed by atoms with Crippen LogP contribution in [0, 0.1) is 29.1 Å². The zero-order valence-corrected chi connectivity index (χ0v) is 13.4. The summed E-state index contributed by atoms with van der Waals surface area (Å²) in [5, 5.41) is 10.6. The number of rotatable bonds is 1. The maximum Gasteiger partial charge on any atom is 0.155 e. The normalized spacial score (nSPS) is 47.5. The first-order valence-corrected chi connectivity index (χ1v) is 9.01. The number of aliphatic hydroxyl groups excluding tert-OH is 1. The van der Waals surface area contributed by atoms with Crippen LogP contribution in [0.1, 0.15) is 58.3 Å². The van der Waals surface area contributed by atoms with Crippen molar-refractivity contribution in [3.63, 3.8) is 0 Å². The van der Waals surface area contributed by atoms with E-state index in [2.05, 4.69) is 6.92 Å². The lowest BCUT2D eigenvalue weighted by Crippen LogP contribution is -2.49. The minimum Gasteiger partial charge on any atom is -0.392 e. The molecule has 4 aliphatic carbocycles. The van der Waals surface area contributed by atoms with E-state index in [1.54, 1.807) is 0 Å². The molecular weight excluding hydrogens is 276 g/mol. The number of aliphatic hydroxyl groups is 1. The monoisotopic (exact) mass is 302 g/mol. The second-order valence-corrected chi connectivity index (χ2v) is 7.97. The van der Waals surface area contributed by atoms with E-state index in [1.165, 1.54) is 5.57 Å². The predicted octanol–water partition coefficient (Wildman–Crippen LogP) is 3.06. The fraction of sp³-hybridized carbons (Fsp3) is 0.789. The smallest absolute Gasteiger partial charge is 0.155 e. The summed E-state index contributed by atoms with van der Waals surface area (Å²) in [6.45, 7) is 2.12. The van der Waals surface area contributed by atoms with Gasteiger partial charge in [0.05, 0.1) is 6.10 Å². The maximum atomic E-state index is 12.6. The molecule has 0 amide bonds. The van der Waals surface area contributed by atoms with Crippen LogP contribution in [0.3, 0.4) is 0 Å². The molecule has 0 aromatic heterocycles. The Morgan fingerprint density at radius 1 is 1.18 bits per heavy atom. The van der Waals surface area contributed by atoms with E-state index in [0.29, 0.717) is 42.2 Å². The highest BCUT2D eigenvalue weighted by Gasteiger charge is 2.60. The van der Waals surface area contributed by atoms with Crippen molar-refractivity contribution in [1.29, 1.82) is 0 Å². The molecule has 0 aromatic carbocycles. The van der Waals surface area contributed by atoms with Crippen LogP contribution in [-0.4, -0.2) is 22.8 Å². The van der Waals surface area contributed by atoms with Gasteiger partial charge in [-0.05, 0) is 62.4 Å². The number of fused-ring (bicyclic) bond motifs is 5. The summed E-state index contributed by atoms with van der Waals surface area (Å²) >= 11 is 0. The Balaban J connectivity index is 1.68. The highest BCUT2D eigenvalue weighted by molar-refractivity contribution is 5.91. The van der Waals surface area contributed by atoms with E-state index in [-0.39, 0.29) is 11.3 Å². The SMILES string of the molecule is CCC12CCC3C4CCC(=O)C=C4CCC3C1[C@@H](O)CC2=O. The summed E-state index contributed by atoms with van der Waals surface area (Å²) in [6, 6.07) is 0. The first-order valence-electron chi connectivity index (χ1n) is 9.01. The van der Waals surface area contributed by atoms with Crippen LogP contribution in [0.5, 0.6) is 0 Å². The van der Waals surface area contributed by atoms with E-state index < -0.39 is 6.10 Å². The summed E-state index contributed by atoms with van der Waals surface area (Å²) in [5.74, 6) is 2.37. The Bertz CT molecular complexity index is 549. The molecule has 3 fully saturated rings. The van der Waals surface area contributed by atoms with Crippen molar-refractivity contribution in [2.75, 3.05) is 0 Å². The molecule has 3 saturated carbocycles. The van der Waals surface area contributed by atoms with Crippen LogP contribution in [0.25, 0.3) is 0 Å². The summed E-state index contributed by atoms with van der Waals surface area (Å²) < 4.78 is 0. The summed E-state index contributed by atoms with van der Waals surface area (Å²) in [6.07, 6.45) is 8.48. The van der Waals surface area contributed by atoms with E-state index >= 15 is 0 Å². The van der Waals surface area contributed by atoms with Crippen LogP contribution in [0.2, 0.25) is 0 Å². The third-order valence-electron chi connectivity index (χ3n) is 7.38. The summed E-state index contributed by atoms with van der Waals surface area (Å²) in [5.41, 5.74) is 1.12. The van der Waals surface area contributed by atoms with E-state index in [0.717, 1.165) is 38.5 Å². The van der Waals surface area contributed by atoms with Crippen LogP contribution in [0.4, 0.5) is 0 Å². The standard InChI is InChI=1S/C19H26O3/c1-2-19-8-7-14-13-6-4-12(20)9-11(13)3-5-15(14)18(19)16(21)10-17(19)22/h9,13-16,18,21H,2-8,10H2,1H3/t13?,14?,15?,16-,18?,19?/m0/s1. The van der Waals surface area contributed by atoms with Crippen LogP contribution in [0.15, 0.2) is 11.6 Å². The average Bonchev–Trinajstić information content (AvgIpc) is 2.78. The highest BCUT2D eigenvalue weighted by Crippen LogP contribution is 2.61. The zero-order valence-electron chi connectivity index (χ0n) is 13.4. The molecular formula is C19H26O3. The molecule has 5 unspecified atom stereocenters. The Morgan fingerprint density at radius 2 is 2.00 bits per heavy atom. The molecule has 0 radical (unpaired) electrons. The van der Waals surface area contributed by atoms with Crippen molar-refractivity contribution < 1.29 is 14.7 Å². The van der Waals surface area contributed by atoms with Crippen LogP contribution >= 0.6 is 0 Å². The fourth-order valence-corrected chi connectivity index (χ4v) is 6.43. The highest BCUT2D eigenvalue weighted by atomic mass is 16.3. The Morgan fingerprint density at radius 3 is 2.77 bits per heavy atom. The van der Waals surface area contributed by atoms with Crippen LogP contribution < -0.4 is 0 Å². The lowest BCUT2D eigenvalue weighted by molar-refractivity contribution is -0.134. The molecule has 1 N–H and O–H groups in total. The van der Waals surface area contributed by atoms with Gasteiger partial charge in [-0.2, -0.15) is 0 Å². The van der Waals surface area contributed by atoms with E-state index in [9.17, 15) is 14.7 Å². The first-order chi connectivity index (χ1) is 10.6. The second kappa shape index (κ2) is 5.02. The number of hydrogen-bond acceptors (Lipinski definition) is 3. The minimum atomic E-state index is -0.434. The molecule has 120 valence electrons. The van der Waals surface area contributed by atoms with Gasteiger partial charge in [0, 0.05) is 24.2 Å². The lowest BCUT2D eigenvalue weighted by Gasteiger charge is -2.53. The Labute approximate surface area is 132 Å². The molecule has 0 spiro atoms. The molecule has 6 atom stereocenters. The molecule has 0 aliphatic heterocycles. The van der Waals surface area contributed by atoms with Crippen LogP contribution in [-0.2, 0) is 9.59 Å². The summed E-state index contributed by atoms with van der Waals surface area (Å²) in [4.78, 5) is 24.2. The van der Waals surface area contributed by atoms with Gasteiger partial charge in [0.1, 0.15) is 5.78 Å². The van der Waals surface area contributed by atoms with Gasteiger partial charge in [-0.15, -0.1) is 0 Å². The molecule has 0 heterocycles. The van der Waals surface area contributed by atoms with Crippen molar-refractivity contribution in [3.05, 3.63) is 11.6 Å². The number of carbonyl (C=O) groups excluding carboxylic acids is 2. The molecule has 0 aromatic rings. The molecule has 4 aliphatic rings. The molecule has 4 rings (SSSR count). The molecule has 22 heavy (non-hydrogen) atoms. The number of carbonyl (C=O) groups is 2. The summed E-state index contributed by atoms with van der Waals surface area (Å²) in [7, 11) is 0. The van der Waals surface area contributed by atoms with Crippen molar-refractivity contribution in [1.82, 2.24) is 0 Å². The van der Waals surface area contributed by atoms with E-state index in [1.807, 2.05) is 6.08 Å². The second-order valence-electron chi connectivity index (χ2n) is 7.97. The van der Waals surface area contributed by atoms with Gasteiger partial charge in [0.15, 0.2) is 5.78 Å². The van der Waals surface area contributed by atoms with Gasteiger partial charge in [0.2, 0.25) is 0 Å². The molecule has 0 bridgehead atoms. The quantitative estimate of drug-likeness (QED) is 0.810. The average molecular weight is 302 g/mol. The van der Waals surface area contributed by atoms with Gasteiger partial charge >= 0.3 is 0 Å². The number of ketones is 2. The van der Waals surface area contributed by atoms with Gasteiger partial charge in [-0.25, -0.2) is 0 Å². The zero-order chi connectivity index (χ0) is 15.5. The van der Waals surface area contributed by atoms with Gasteiger partial charge < -0.3 is 5.11 Å². The minimum absolute atomic E-state index is 0.169. The molecule has 3 nitrogen and oxygen atoms in total. The maximum absolute atomic E-state index is 12.6. The number of allylic oxidation sites excluding steroid dienone is 1. The van der Waals surface area contributed by atoms with E-state index in [4.69, 9.17) is 0 Å². The van der Waals surface area contributed by atoms with Gasteiger partial charge in [-0.3, -0.25) is 9.59 Å². The third kappa shape index (κ3) is 1.84. The predicted molar refractivity (Wildman–Crippen MR) is 83.1 cm³/mol. The third-order valence-corrected chi connectivity index (χ3v) is 7.38. The van der Waals surface area contributed by atoms with Gasteiger partial charge in [-0.1, -0.05) is 12.5 Å². The topological polar surface area (TPSA) is 54.4 Å². The van der Waals surface area contributed by atoms with Crippen molar-refractivity contribution in [2.24, 2.45) is 29.1 Å². The largest absolute Gasteiger partial charge is 0.392 e. The lowest BCUT2D eigenvalue weighted by atomic mass is 9.51.